The Kier molecular flexibility index (Phi) is 8.85. The van der Waals surface area contributed by atoms with E-state index in [-0.39, 0.29) is 41.0 Å². The van der Waals surface area contributed by atoms with E-state index in [1.165, 1.54) is 18.3 Å². The molecule has 8 nitrogen and oxygen atoms in total. The van der Waals surface area contributed by atoms with Gasteiger partial charge < -0.3 is 10.0 Å². The molecule has 0 unspecified atom stereocenters. The molecule has 2 aromatic heterocycles. The minimum Gasteiger partial charge on any atom is -0.448 e. The molecule has 0 saturated heterocycles. The third-order valence-electron chi connectivity index (χ3n) is 5.36. The summed E-state index contributed by atoms with van der Waals surface area (Å²) < 4.78 is 29.4. The van der Waals surface area contributed by atoms with Crippen LogP contribution in [0.2, 0.25) is 0 Å². The van der Waals surface area contributed by atoms with Gasteiger partial charge in [-0.05, 0) is 62.2 Å². The first-order valence-electron chi connectivity index (χ1n) is 10.7. The molecule has 2 amide bonds. The predicted octanol–water partition coefficient (Wildman–Crippen LogP) is 1.57. The number of urea groups is 1. The number of hydrogen-bond donors (Lipinski definition) is 1. The van der Waals surface area contributed by atoms with E-state index in [0.717, 1.165) is 40.0 Å². The van der Waals surface area contributed by atoms with Crippen LogP contribution in [0.3, 0.4) is 0 Å². The summed E-state index contributed by atoms with van der Waals surface area (Å²) in [6.45, 7) is 4.31. The van der Waals surface area contributed by atoms with Crippen LogP contribution in [-0.2, 0) is 16.4 Å². The second-order valence-electron chi connectivity index (χ2n) is 7.73. The SMILES string of the molecule is Cc1nn(-c2ccc(CCNC(=O)[N-]S(=O)(=O)c3cccnc3)cc2)c(C)c1-c1ccccc1.[Na+]. The van der Waals surface area contributed by atoms with Crippen LogP contribution in [0.5, 0.6) is 0 Å². The first kappa shape index (κ1) is 26.6. The Morgan fingerprint density at radius 2 is 1.71 bits per heavy atom. The van der Waals surface area contributed by atoms with Crippen LogP contribution in [0.1, 0.15) is 17.0 Å². The van der Waals surface area contributed by atoms with Crippen LogP contribution in [0, 0.1) is 13.8 Å². The van der Waals surface area contributed by atoms with E-state index in [9.17, 15) is 13.2 Å². The number of carbonyl (C=O) groups excluding carboxylic acids is 1. The number of amides is 2. The number of aromatic nitrogens is 3. The van der Waals surface area contributed by atoms with Gasteiger partial charge >= 0.3 is 29.6 Å². The van der Waals surface area contributed by atoms with Gasteiger partial charge in [-0.1, -0.05) is 42.5 Å². The van der Waals surface area contributed by atoms with Crippen LogP contribution in [0.4, 0.5) is 4.79 Å². The third-order valence-corrected chi connectivity index (χ3v) is 6.60. The van der Waals surface area contributed by atoms with Gasteiger partial charge in [0.1, 0.15) is 0 Å². The zero-order valence-electron chi connectivity index (χ0n) is 19.8. The molecule has 2 aromatic carbocycles. The molecule has 0 radical (unpaired) electrons. The fourth-order valence-electron chi connectivity index (χ4n) is 3.73. The molecule has 174 valence electrons. The van der Waals surface area contributed by atoms with Gasteiger partial charge in [0.15, 0.2) is 6.03 Å². The van der Waals surface area contributed by atoms with E-state index in [0.29, 0.717) is 6.42 Å². The maximum Gasteiger partial charge on any atom is 1.00 e. The first-order chi connectivity index (χ1) is 16.3. The van der Waals surface area contributed by atoms with Gasteiger partial charge in [0.2, 0.25) is 10.0 Å². The number of benzene rings is 2. The topological polar surface area (TPSA) is 108 Å². The third kappa shape index (κ3) is 6.37. The predicted molar refractivity (Wildman–Crippen MR) is 130 cm³/mol. The Bertz CT molecular complexity index is 1390. The minimum atomic E-state index is -4.08. The van der Waals surface area contributed by atoms with Crippen LogP contribution >= 0.6 is 0 Å². The van der Waals surface area contributed by atoms with Crippen molar-refractivity contribution in [3.8, 4) is 16.8 Å². The van der Waals surface area contributed by atoms with E-state index in [1.54, 1.807) is 0 Å². The molecule has 10 heteroatoms. The Labute approximate surface area is 227 Å². The molecule has 4 aromatic rings. The van der Waals surface area contributed by atoms with Crippen LogP contribution < -0.4 is 34.9 Å². The Morgan fingerprint density at radius 1 is 1.00 bits per heavy atom. The quantitative estimate of drug-likeness (QED) is 0.390. The van der Waals surface area contributed by atoms with E-state index in [4.69, 9.17) is 5.10 Å². The zero-order valence-corrected chi connectivity index (χ0v) is 22.7. The molecule has 0 aliphatic heterocycles. The number of pyridine rings is 1. The van der Waals surface area contributed by atoms with Crippen molar-refractivity contribution in [3.63, 3.8) is 0 Å². The van der Waals surface area contributed by atoms with Crippen molar-refractivity contribution < 1.29 is 42.8 Å². The fourth-order valence-corrected chi connectivity index (χ4v) is 4.56. The van der Waals surface area contributed by atoms with E-state index in [1.807, 2.05) is 54.1 Å². The number of sulfonamides is 1. The summed E-state index contributed by atoms with van der Waals surface area (Å²) in [6, 6.07) is 20.0. The molecular weight excluding hydrogens is 473 g/mol. The number of rotatable bonds is 7. The molecule has 0 spiro atoms. The Hall–Kier alpha value is -2.98. The molecule has 0 atom stereocenters. The fraction of sp³-hybridized carbons (Fsp3) is 0.160. The number of nitrogens with one attached hydrogen (secondary N) is 1. The average molecular weight is 498 g/mol. The molecule has 0 aliphatic carbocycles. The van der Waals surface area contributed by atoms with E-state index in [2.05, 4.69) is 34.1 Å². The van der Waals surface area contributed by atoms with Crippen LogP contribution in [-0.4, -0.2) is 35.8 Å². The van der Waals surface area contributed by atoms with Crippen molar-refractivity contribution in [2.24, 2.45) is 0 Å². The number of nitrogens with zero attached hydrogens (tertiary/aromatic N) is 4. The summed E-state index contributed by atoms with van der Waals surface area (Å²) in [4.78, 5) is 15.6. The van der Waals surface area contributed by atoms with Crippen molar-refractivity contribution in [2.75, 3.05) is 6.54 Å². The molecule has 1 N–H and O–H groups in total. The number of aryl methyl sites for hydroxylation is 1. The van der Waals surface area contributed by atoms with Crippen LogP contribution in [0.25, 0.3) is 21.5 Å². The molecular formula is C25H24N5NaO3S. The molecule has 0 saturated carbocycles. The first-order valence-corrected chi connectivity index (χ1v) is 12.2. The standard InChI is InChI=1S/C25H25N5O3S.Na/c1-18-24(21-7-4-3-5-8-21)19(2)30(28-18)22-12-10-20(11-13-22)14-16-27-25(31)29-34(32,33)23-9-6-15-26-17-23;/h3-13,15,17H,14,16H2,1-2H3,(H2,27,29,31);/q;+1/p-1. The summed E-state index contributed by atoms with van der Waals surface area (Å²) in [7, 11) is -4.08. The maximum atomic E-state index is 12.1. The number of carbonyl (C=O) groups is 1. The van der Waals surface area contributed by atoms with Crippen molar-refractivity contribution in [1.82, 2.24) is 20.1 Å². The van der Waals surface area contributed by atoms with Gasteiger partial charge in [-0.25, -0.2) is 13.1 Å². The van der Waals surface area contributed by atoms with Gasteiger partial charge in [0.25, 0.3) is 0 Å². The monoisotopic (exact) mass is 497 g/mol. The Morgan fingerprint density at radius 3 is 2.37 bits per heavy atom. The second-order valence-corrected chi connectivity index (χ2v) is 9.33. The van der Waals surface area contributed by atoms with Gasteiger partial charge in [-0.3, -0.25) is 9.78 Å². The summed E-state index contributed by atoms with van der Waals surface area (Å²) in [5.41, 5.74) is 6.20. The molecule has 2 heterocycles. The molecule has 0 aliphatic rings. The second kappa shape index (κ2) is 11.6. The largest absolute Gasteiger partial charge is 1.00 e. The van der Waals surface area contributed by atoms with Gasteiger partial charge in [-0.15, -0.1) is 0 Å². The van der Waals surface area contributed by atoms with E-state index < -0.39 is 16.1 Å². The van der Waals surface area contributed by atoms with Crippen molar-refractivity contribution in [1.29, 1.82) is 0 Å². The summed E-state index contributed by atoms with van der Waals surface area (Å²) in [5, 5.41) is 7.24. The maximum absolute atomic E-state index is 12.1. The molecule has 0 fully saturated rings. The summed E-state index contributed by atoms with van der Waals surface area (Å²) in [5.74, 6) is 0. The van der Waals surface area contributed by atoms with Gasteiger partial charge in [0, 0.05) is 23.7 Å². The number of hydrogen-bond acceptors (Lipinski definition) is 5. The minimum absolute atomic E-state index is 0. The van der Waals surface area contributed by atoms with E-state index >= 15 is 0 Å². The smallest absolute Gasteiger partial charge is 0.448 e. The Balaban J connectivity index is 0.00000342. The van der Waals surface area contributed by atoms with Crippen molar-refractivity contribution in [3.05, 3.63) is 101 Å². The van der Waals surface area contributed by atoms with Gasteiger partial charge in [0.05, 0.1) is 16.3 Å². The van der Waals surface area contributed by atoms with Crippen molar-refractivity contribution >= 4 is 16.1 Å². The summed E-state index contributed by atoms with van der Waals surface area (Å²) in [6.07, 6.45) is 3.13. The van der Waals surface area contributed by atoms with Gasteiger partial charge in [-0.2, -0.15) is 5.10 Å². The normalized spacial score (nSPS) is 10.9. The average Bonchev–Trinajstić information content (AvgIpc) is 3.14. The van der Waals surface area contributed by atoms with Crippen LogP contribution in [0.15, 0.2) is 84.0 Å². The van der Waals surface area contributed by atoms with Crippen molar-refractivity contribution in [2.45, 2.75) is 25.2 Å². The summed E-state index contributed by atoms with van der Waals surface area (Å²) >= 11 is 0. The molecule has 35 heavy (non-hydrogen) atoms. The zero-order chi connectivity index (χ0) is 24.1. The molecule has 0 bridgehead atoms. The molecule has 4 rings (SSSR count).